The van der Waals surface area contributed by atoms with Crippen LogP contribution in [0.1, 0.15) is 25.8 Å². The Morgan fingerprint density at radius 2 is 2.11 bits per heavy atom. The number of rotatable bonds is 4. The minimum Gasteiger partial charge on any atom is -0.320 e. The first-order valence-corrected chi connectivity index (χ1v) is 7.03. The molecule has 2 aromatic heterocycles. The van der Waals surface area contributed by atoms with E-state index >= 15 is 0 Å². The fraction of sp³-hybridized carbons (Fsp3) is 0.462. The molecule has 0 aliphatic carbocycles. The van der Waals surface area contributed by atoms with Gasteiger partial charge in [-0.2, -0.15) is 0 Å². The Hall–Kier alpha value is -1.53. The van der Waals surface area contributed by atoms with Crippen molar-refractivity contribution in [3.05, 3.63) is 33.6 Å². The van der Waals surface area contributed by atoms with Gasteiger partial charge < -0.3 is 10.3 Å². The maximum absolute atomic E-state index is 11.2. The lowest BCUT2D eigenvalue weighted by Gasteiger charge is -2.19. The molecular weight excluding hydrogens is 260 g/mol. The van der Waals surface area contributed by atoms with Gasteiger partial charge in [0.15, 0.2) is 5.01 Å². The minimum absolute atomic E-state index is 0.109. The van der Waals surface area contributed by atoms with Gasteiger partial charge in [-0.1, -0.05) is 17.4 Å². The lowest BCUT2D eigenvalue weighted by atomic mass is 10.1. The highest BCUT2D eigenvalue weighted by Crippen LogP contribution is 2.20. The smallest absolute Gasteiger partial charge is 0.248 e. The second-order valence-corrected chi connectivity index (χ2v) is 6.42. The Bertz CT molecular complexity index is 597. The van der Waals surface area contributed by atoms with Crippen molar-refractivity contribution in [3.63, 3.8) is 0 Å². The highest BCUT2D eigenvalue weighted by Gasteiger charge is 2.10. The number of nitrogens with one attached hydrogen (secondary N) is 2. The molecule has 2 rings (SSSR count). The number of hydrogen-bond donors (Lipinski definition) is 2. The van der Waals surface area contributed by atoms with Crippen LogP contribution in [0.25, 0.3) is 10.7 Å². The second-order valence-electron chi connectivity index (χ2n) is 5.36. The van der Waals surface area contributed by atoms with Crippen LogP contribution in [0.5, 0.6) is 0 Å². The molecule has 102 valence electrons. The molecule has 0 fully saturated rings. The number of aromatic amines is 1. The number of hydrogen-bond acceptors (Lipinski definition) is 5. The average Bonchev–Trinajstić information content (AvgIpc) is 2.76. The first-order valence-electron chi connectivity index (χ1n) is 6.21. The summed E-state index contributed by atoms with van der Waals surface area (Å²) >= 11 is 1.51. The molecule has 5 nitrogen and oxygen atoms in total. The maximum Gasteiger partial charge on any atom is 0.248 e. The quantitative estimate of drug-likeness (QED) is 0.895. The Morgan fingerprint density at radius 1 is 1.32 bits per heavy atom. The van der Waals surface area contributed by atoms with Crippen LogP contribution in [-0.2, 0) is 6.42 Å². The number of pyridine rings is 1. The van der Waals surface area contributed by atoms with E-state index in [-0.39, 0.29) is 11.1 Å². The monoisotopic (exact) mass is 278 g/mol. The first-order chi connectivity index (χ1) is 8.94. The van der Waals surface area contributed by atoms with Gasteiger partial charge in [0.05, 0.1) is 5.69 Å². The molecule has 0 spiro atoms. The van der Waals surface area contributed by atoms with E-state index in [1.54, 1.807) is 6.07 Å². The van der Waals surface area contributed by atoms with Gasteiger partial charge in [-0.3, -0.25) is 4.79 Å². The fourth-order valence-corrected chi connectivity index (χ4v) is 2.40. The van der Waals surface area contributed by atoms with Crippen molar-refractivity contribution in [3.8, 4) is 10.7 Å². The van der Waals surface area contributed by atoms with Crippen molar-refractivity contribution in [2.24, 2.45) is 0 Å². The summed E-state index contributed by atoms with van der Waals surface area (Å²) < 4.78 is 0. The molecule has 0 unspecified atom stereocenters. The van der Waals surface area contributed by atoms with Crippen LogP contribution in [-0.4, -0.2) is 27.3 Å². The lowest BCUT2D eigenvalue weighted by Crippen LogP contribution is -2.37. The van der Waals surface area contributed by atoms with Gasteiger partial charge in [0.1, 0.15) is 5.01 Å². The molecule has 0 aliphatic rings. The van der Waals surface area contributed by atoms with Gasteiger partial charge in [-0.05, 0) is 26.8 Å². The minimum atomic E-state index is -0.122. The third-order valence-electron chi connectivity index (χ3n) is 2.46. The molecule has 19 heavy (non-hydrogen) atoms. The van der Waals surface area contributed by atoms with Gasteiger partial charge in [-0.25, -0.2) is 0 Å². The number of H-pyrrole nitrogens is 1. The van der Waals surface area contributed by atoms with Crippen molar-refractivity contribution in [2.45, 2.75) is 32.7 Å². The van der Waals surface area contributed by atoms with Gasteiger partial charge in [0.25, 0.3) is 0 Å². The molecule has 0 amide bonds. The van der Waals surface area contributed by atoms with Crippen LogP contribution in [0.15, 0.2) is 23.0 Å². The summed E-state index contributed by atoms with van der Waals surface area (Å²) in [5.41, 5.74) is 0.710. The summed E-state index contributed by atoms with van der Waals surface area (Å²) in [5.74, 6) is 0. The van der Waals surface area contributed by atoms with Gasteiger partial charge in [0.2, 0.25) is 5.56 Å². The van der Waals surface area contributed by atoms with Gasteiger partial charge in [-0.15, -0.1) is 10.2 Å². The summed E-state index contributed by atoms with van der Waals surface area (Å²) in [6.07, 6.45) is 0.839. The Kier molecular flexibility index (Phi) is 4.11. The zero-order valence-corrected chi connectivity index (χ0v) is 12.2. The Balaban J connectivity index is 2.01. The van der Waals surface area contributed by atoms with E-state index in [4.69, 9.17) is 0 Å². The average molecular weight is 278 g/mol. The molecule has 0 radical (unpaired) electrons. The van der Waals surface area contributed by atoms with Crippen molar-refractivity contribution >= 4 is 11.3 Å². The van der Waals surface area contributed by atoms with E-state index < -0.39 is 0 Å². The Labute approximate surface area is 116 Å². The van der Waals surface area contributed by atoms with Crippen LogP contribution < -0.4 is 10.9 Å². The Morgan fingerprint density at radius 3 is 2.79 bits per heavy atom. The van der Waals surface area contributed by atoms with E-state index in [0.29, 0.717) is 0 Å². The molecule has 6 heteroatoms. The predicted molar refractivity (Wildman–Crippen MR) is 77.4 cm³/mol. The zero-order valence-electron chi connectivity index (χ0n) is 11.4. The molecule has 0 aromatic carbocycles. The summed E-state index contributed by atoms with van der Waals surface area (Å²) in [6, 6.07) is 5.04. The maximum atomic E-state index is 11.2. The van der Waals surface area contributed by atoms with Crippen LogP contribution in [0.2, 0.25) is 0 Å². The zero-order chi connectivity index (χ0) is 13.9. The molecule has 2 N–H and O–H groups in total. The van der Waals surface area contributed by atoms with Gasteiger partial charge >= 0.3 is 0 Å². The largest absolute Gasteiger partial charge is 0.320 e. The van der Waals surface area contributed by atoms with Crippen molar-refractivity contribution in [1.82, 2.24) is 20.5 Å². The van der Waals surface area contributed by atoms with E-state index in [1.807, 2.05) is 6.07 Å². The van der Waals surface area contributed by atoms with Crippen LogP contribution >= 0.6 is 11.3 Å². The molecular formula is C13H18N4OS. The summed E-state index contributed by atoms with van der Waals surface area (Å²) in [6.45, 7) is 7.26. The third kappa shape index (κ3) is 4.25. The molecule has 2 heterocycles. The third-order valence-corrected chi connectivity index (χ3v) is 3.48. The lowest BCUT2D eigenvalue weighted by molar-refractivity contribution is 0.429. The molecule has 0 saturated carbocycles. The molecule has 0 aliphatic heterocycles. The molecule has 0 bridgehead atoms. The molecule has 0 saturated heterocycles. The highest BCUT2D eigenvalue weighted by atomic mass is 32.1. The number of aromatic nitrogens is 3. The highest BCUT2D eigenvalue weighted by molar-refractivity contribution is 7.14. The predicted octanol–water partition coefficient (Wildman–Crippen LogP) is 1.82. The van der Waals surface area contributed by atoms with E-state index in [1.165, 1.54) is 17.4 Å². The summed E-state index contributed by atoms with van der Waals surface area (Å²) in [7, 11) is 0. The van der Waals surface area contributed by atoms with Gasteiger partial charge in [0, 0.05) is 24.6 Å². The molecule has 0 atom stereocenters. The fourth-order valence-electron chi connectivity index (χ4n) is 1.58. The summed E-state index contributed by atoms with van der Waals surface area (Å²) in [4.78, 5) is 14.0. The SMILES string of the molecule is CC(C)(C)NCCc1nnc(-c2cccc(=O)[nH]2)s1. The molecule has 2 aromatic rings. The standard InChI is InChI=1S/C13H18N4OS/c1-13(2,3)14-8-7-11-16-17-12(19-11)9-5-4-6-10(18)15-9/h4-6,14H,7-8H2,1-3H3,(H,15,18). The summed E-state index contributed by atoms with van der Waals surface area (Å²) in [5, 5.41) is 13.4. The van der Waals surface area contributed by atoms with Crippen LogP contribution in [0.3, 0.4) is 0 Å². The normalized spacial score (nSPS) is 11.7. The van der Waals surface area contributed by atoms with E-state index in [0.717, 1.165) is 28.7 Å². The van der Waals surface area contributed by atoms with E-state index in [9.17, 15) is 4.79 Å². The van der Waals surface area contributed by atoms with Crippen LogP contribution in [0.4, 0.5) is 0 Å². The number of nitrogens with zero attached hydrogens (tertiary/aromatic N) is 2. The van der Waals surface area contributed by atoms with Crippen molar-refractivity contribution < 1.29 is 0 Å². The van der Waals surface area contributed by atoms with Crippen molar-refractivity contribution in [2.75, 3.05) is 6.54 Å². The van der Waals surface area contributed by atoms with Crippen molar-refractivity contribution in [1.29, 1.82) is 0 Å². The first kappa shape index (κ1) is 13.9. The van der Waals surface area contributed by atoms with Crippen LogP contribution in [0, 0.1) is 0 Å². The van der Waals surface area contributed by atoms with E-state index in [2.05, 4.69) is 41.3 Å². The topological polar surface area (TPSA) is 70.7 Å². The second kappa shape index (κ2) is 5.63.